The molecule has 3 rings (SSSR count). The van der Waals surface area contributed by atoms with E-state index in [4.69, 9.17) is 4.74 Å². The van der Waals surface area contributed by atoms with Crippen LogP contribution in [0.4, 0.5) is 0 Å². The SMILES string of the molecule is CCOc1ncccc1C(=O)NCc1ccc(-n2cccc2)cc1. The molecule has 0 unspecified atom stereocenters. The lowest BCUT2D eigenvalue weighted by Gasteiger charge is -2.10. The first-order chi connectivity index (χ1) is 11.8. The summed E-state index contributed by atoms with van der Waals surface area (Å²) >= 11 is 0. The molecule has 0 radical (unpaired) electrons. The van der Waals surface area contributed by atoms with Crippen molar-refractivity contribution in [2.24, 2.45) is 0 Å². The molecule has 0 bridgehead atoms. The van der Waals surface area contributed by atoms with E-state index in [0.717, 1.165) is 11.3 Å². The lowest BCUT2D eigenvalue weighted by atomic mass is 10.2. The summed E-state index contributed by atoms with van der Waals surface area (Å²) in [6, 6.07) is 15.5. The van der Waals surface area contributed by atoms with E-state index in [0.29, 0.717) is 24.6 Å². The summed E-state index contributed by atoms with van der Waals surface area (Å²) in [7, 11) is 0. The van der Waals surface area contributed by atoms with Crippen molar-refractivity contribution < 1.29 is 9.53 Å². The minimum atomic E-state index is -0.193. The maximum absolute atomic E-state index is 12.3. The van der Waals surface area contributed by atoms with Gasteiger partial charge >= 0.3 is 0 Å². The normalized spacial score (nSPS) is 10.4. The molecule has 2 aromatic heterocycles. The Hall–Kier alpha value is -3.08. The van der Waals surface area contributed by atoms with E-state index in [-0.39, 0.29) is 5.91 Å². The van der Waals surface area contributed by atoms with Gasteiger partial charge in [-0.15, -0.1) is 0 Å². The number of aromatic nitrogens is 2. The fraction of sp³-hybridized carbons (Fsp3) is 0.158. The molecule has 24 heavy (non-hydrogen) atoms. The van der Waals surface area contributed by atoms with Crippen LogP contribution in [-0.4, -0.2) is 22.1 Å². The van der Waals surface area contributed by atoms with Gasteiger partial charge in [0.25, 0.3) is 5.91 Å². The summed E-state index contributed by atoms with van der Waals surface area (Å²) < 4.78 is 7.43. The predicted octanol–water partition coefficient (Wildman–Crippen LogP) is 3.20. The number of carbonyl (C=O) groups is 1. The number of ether oxygens (including phenoxy) is 1. The van der Waals surface area contributed by atoms with Crippen LogP contribution in [0.3, 0.4) is 0 Å². The molecule has 5 heteroatoms. The monoisotopic (exact) mass is 321 g/mol. The van der Waals surface area contributed by atoms with Crippen LogP contribution >= 0.6 is 0 Å². The average Bonchev–Trinajstić information content (AvgIpc) is 3.15. The smallest absolute Gasteiger partial charge is 0.257 e. The fourth-order valence-corrected chi connectivity index (χ4v) is 2.39. The number of nitrogens with zero attached hydrogens (tertiary/aromatic N) is 2. The molecule has 1 amide bonds. The molecule has 0 aliphatic carbocycles. The van der Waals surface area contributed by atoms with Gasteiger partial charge in [-0.2, -0.15) is 0 Å². The quantitative estimate of drug-likeness (QED) is 0.758. The summed E-state index contributed by atoms with van der Waals surface area (Å²) in [6.07, 6.45) is 5.60. The number of amides is 1. The second-order valence-electron chi connectivity index (χ2n) is 5.23. The van der Waals surface area contributed by atoms with Crippen molar-refractivity contribution in [1.29, 1.82) is 0 Å². The van der Waals surface area contributed by atoms with Crippen molar-refractivity contribution in [2.45, 2.75) is 13.5 Å². The maximum atomic E-state index is 12.3. The standard InChI is InChI=1S/C19H19N3O2/c1-2-24-19-17(6-5-11-20-19)18(23)21-14-15-7-9-16(10-8-15)22-12-3-4-13-22/h3-13H,2,14H2,1H3,(H,21,23). The predicted molar refractivity (Wildman–Crippen MR) is 92.3 cm³/mol. The number of carbonyl (C=O) groups excluding carboxylic acids is 1. The molecule has 0 saturated heterocycles. The fourth-order valence-electron chi connectivity index (χ4n) is 2.39. The molecule has 0 fully saturated rings. The molecule has 0 spiro atoms. The zero-order chi connectivity index (χ0) is 16.8. The summed E-state index contributed by atoms with van der Waals surface area (Å²) in [5.74, 6) is 0.168. The van der Waals surface area contributed by atoms with Crippen LogP contribution in [0.1, 0.15) is 22.8 Å². The van der Waals surface area contributed by atoms with Crippen LogP contribution in [0.5, 0.6) is 5.88 Å². The highest BCUT2D eigenvalue weighted by Gasteiger charge is 2.12. The van der Waals surface area contributed by atoms with Gasteiger partial charge in [-0.25, -0.2) is 4.98 Å². The molecule has 122 valence electrons. The first-order valence-corrected chi connectivity index (χ1v) is 7.86. The van der Waals surface area contributed by atoms with Gasteiger partial charge in [-0.3, -0.25) is 4.79 Å². The van der Waals surface area contributed by atoms with Crippen LogP contribution in [0, 0.1) is 0 Å². The highest BCUT2D eigenvalue weighted by atomic mass is 16.5. The molecule has 1 aromatic carbocycles. The Kier molecular flexibility index (Phi) is 4.91. The van der Waals surface area contributed by atoms with Crippen molar-refractivity contribution in [3.05, 3.63) is 78.2 Å². The number of pyridine rings is 1. The Morgan fingerprint density at radius 1 is 1.12 bits per heavy atom. The van der Waals surface area contributed by atoms with E-state index in [9.17, 15) is 4.79 Å². The van der Waals surface area contributed by atoms with Crippen LogP contribution in [0.25, 0.3) is 5.69 Å². The van der Waals surface area contributed by atoms with Crippen molar-refractivity contribution in [3.63, 3.8) is 0 Å². The van der Waals surface area contributed by atoms with Crippen LogP contribution in [0.2, 0.25) is 0 Å². The van der Waals surface area contributed by atoms with E-state index in [1.807, 2.05) is 60.3 Å². The number of benzene rings is 1. The van der Waals surface area contributed by atoms with E-state index in [2.05, 4.69) is 10.3 Å². The van der Waals surface area contributed by atoms with Gasteiger partial charge in [0.1, 0.15) is 5.56 Å². The Morgan fingerprint density at radius 3 is 2.58 bits per heavy atom. The number of hydrogen-bond donors (Lipinski definition) is 1. The van der Waals surface area contributed by atoms with Crippen LogP contribution < -0.4 is 10.1 Å². The van der Waals surface area contributed by atoms with Crippen LogP contribution in [0.15, 0.2) is 67.1 Å². The molecule has 5 nitrogen and oxygen atoms in total. The minimum absolute atomic E-state index is 0.193. The summed E-state index contributed by atoms with van der Waals surface area (Å²) in [5, 5.41) is 2.90. The first kappa shape index (κ1) is 15.8. The molecule has 0 aliphatic rings. The summed E-state index contributed by atoms with van der Waals surface area (Å²) in [6.45, 7) is 2.78. The molecule has 1 N–H and O–H groups in total. The molecule has 3 aromatic rings. The van der Waals surface area contributed by atoms with Gasteiger partial charge in [-0.1, -0.05) is 12.1 Å². The molecule has 0 aliphatic heterocycles. The van der Waals surface area contributed by atoms with E-state index < -0.39 is 0 Å². The Morgan fingerprint density at radius 2 is 1.88 bits per heavy atom. The third kappa shape index (κ3) is 3.63. The first-order valence-electron chi connectivity index (χ1n) is 7.86. The Labute approximate surface area is 140 Å². The van der Waals surface area contributed by atoms with Gasteiger partial charge < -0.3 is 14.6 Å². The van der Waals surface area contributed by atoms with Crippen molar-refractivity contribution in [3.8, 4) is 11.6 Å². The maximum Gasteiger partial charge on any atom is 0.257 e. The van der Waals surface area contributed by atoms with Crippen LogP contribution in [-0.2, 0) is 6.54 Å². The average molecular weight is 321 g/mol. The molecule has 0 atom stereocenters. The molecular formula is C19H19N3O2. The van der Waals surface area contributed by atoms with Crippen molar-refractivity contribution >= 4 is 5.91 Å². The third-order valence-corrected chi connectivity index (χ3v) is 3.59. The minimum Gasteiger partial charge on any atom is -0.477 e. The Bertz CT molecular complexity index is 796. The summed E-state index contributed by atoms with van der Waals surface area (Å²) in [5.41, 5.74) is 2.56. The third-order valence-electron chi connectivity index (χ3n) is 3.59. The zero-order valence-electron chi connectivity index (χ0n) is 13.5. The van der Waals surface area contributed by atoms with Gasteiger partial charge in [0.05, 0.1) is 6.61 Å². The zero-order valence-corrected chi connectivity index (χ0v) is 13.5. The highest BCUT2D eigenvalue weighted by Crippen LogP contribution is 2.15. The highest BCUT2D eigenvalue weighted by molar-refractivity contribution is 5.96. The second-order valence-corrected chi connectivity index (χ2v) is 5.23. The van der Waals surface area contributed by atoms with E-state index in [1.54, 1.807) is 18.3 Å². The van der Waals surface area contributed by atoms with Crippen molar-refractivity contribution in [2.75, 3.05) is 6.61 Å². The van der Waals surface area contributed by atoms with Gasteiger partial charge in [0, 0.05) is 30.8 Å². The van der Waals surface area contributed by atoms with E-state index >= 15 is 0 Å². The second kappa shape index (κ2) is 7.46. The number of nitrogens with one attached hydrogen (secondary N) is 1. The topological polar surface area (TPSA) is 56.1 Å². The molecular weight excluding hydrogens is 302 g/mol. The molecule has 0 saturated carbocycles. The Balaban J connectivity index is 1.64. The van der Waals surface area contributed by atoms with Gasteiger partial charge in [0.2, 0.25) is 5.88 Å². The lowest BCUT2D eigenvalue weighted by Crippen LogP contribution is -2.23. The van der Waals surface area contributed by atoms with Crippen molar-refractivity contribution in [1.82, 2.24) is 14.9 Å². The number of hydrogen-bond acceptors (Lipinski definition) is 3. The van der Waals surface area contributed by atoms with Gasteiger partial charge in [0.15, 0.2) is 0 Å². The largest absolute Gasteiger partial charge is 0.477 e. The van der Waals surface area contributed by atoms with E-state index in [1.165, 1.54) is 0 Å². The number of rotatable bonds is 6. The van der Waals surface area contributed by atoms with Gasteiger partial charge in [-0.05, 0) is 48.9 Å². The molecule has 2 heterocycles. The summed E-state index contributed by atoms with van der Waals surface area (Å²) in [4.78, 5) is 16.4. The lowest BCUT2D eigenvalue weighted by molar-refractivity contribution is 0.0946.